The number of halogens is 3. The molecule has 12 heteroatoms. The van der Waals surface area contributed by atoms with Crippen LogP contribution in [0.3, 0.4) is 0 Å². The highest BCUT2D eigenvalue weighted by Crippen LogP contribution is 2.42. The largest absolute Gasteiger partial charge is 0.421 e. The van der Waals surface area contributed by atoms with Gasteiger partial charge in [-0.2, -0.15) is 28.4 Å². The van der Waals surface area contributed by atoms with E-state index < -0.39 is 11.7 Å². The number of nitrogens with one attached hydrogen (secondary N) is 2. The minimum atomic E-state index is -4.53. The monoisotopic (exact) mass is 407 g/mol. The van der Waals surface area contributed by atoms with Crippen molar-refractivity contribution in [3.05, 3.63) is 36.3 Å². The number of nitrogens with zero attached hydrogens (tertiary/aromatic N) is 7. The Morgan fingerprint density at radius 2 is 1.97 bits per heavy atom. The molecule has 4 rings (SSSR count). The molecule has 0 bridgehead atoms. The van der Waals surface area contributed by atoms with Crippen LogP contribution in [-0.4, -0.2) is 41.1 Å². The predicted molar refractivity (Wildman–Crippen MR) is 98.8 cm³/mol. The third kappa shape index (κ3) is 3.74. The van der Waals surface area contributed by atoms with Crippen LogP contribution in [-0.2, 0) is 6.18 Å². The molecule has 0 radical (unpaired) electrons. The van der Waals surface area contributed by atoms with E-state index in [0.29, 0.717) is 18.3 Å². The van der Waals surface area contributed by atoms with Gasteiger partial charge >= 0.3 is 6.18 Å². The Morgan fingerprint density at radius 3 is 2.62 bits per heavy atom. The van der Waals surface area contributed by atoms with Crippen LogP contribution in [0, 0.1) is 6.92 Å². The normalized spacial score (nSPS) is 19.1. The molecule has 3 aromatic rings. The third-order valence-corrected chi connectivity index (χ3v) is 4.97. The lowest BCUT2D eigenvalue weighted by molar-refractivity contribution is -0.137. The summed E-state index contributed by atoms with van der Waals surface area (Å²) in [5.74, 6) is -0.178. The maximum absolute atomic E-state index is 13.1. The van der Waals surface area contributed by atoms with Crippen molar-refractivity contribution in [2.24, 2.45) is 0 Å². The second-order valence-corrected chi connectivity index (χ2v) is 6.85. The van der Waals surface area contributed by atoms with E-state index in [-0.39, 0.29) is 17.8 Å². The van der Waals surface area contributed by atoms with E-state index in [1.807, 2.05) is 16.3 Å². The second-order valence-electron chi connectivity index (χ2n) is 6.85. The lowest BCUT2D eigenvalue weighted by Crippen LogP contribution is -2.30. The molecule has 0 spiro atoms. The molecule has 154 valence electrons. The summed E-state index contributed by atoms with van der Waals surface area (Å²) in [4.78, 5) is 11.8. The average Bonchev–Trinajstić information content (AvgIpc) is 3.26. The molecule has 2 N–H and O–H groups in total. The Balaban J connectivity index is 1.49. The van der Waals surface area contributed by atoms with E-state index in [2.05, 4.69) is 35.8 Å². The van der Waals surface area contributed by atoms with Crippen LogP contribution in [0.1, 0.15) is 43.1 Å². The fourth-order valence-corrected chi connectivity index (χ4v) is 3.37. The quantitative estimate of drug-likeness (QED) is 0.647. The number of anilines is 3. The van der Waals surface area contributed by atoms with Crippen molar-refractivity contribution in [2.75, 3.05) is 17.2 Å². The first-order valence-electron chi connectivity index (χ1n) is 9.20. The van der Waals surface area contributed by atoms with Crippen molar-refractivity contribution in [3.8, 4) is 0 Å². The molecule has 0 aliphatic heterocycles. The van der Waals surface area contributed by atoms with Gasteiger partial charge < -0.3 is 10.6 Å². The van der Waals surface area contributed by atoms with Crippen molar-refractivity contribution in [2.45, 2.75) is 44.9 Å². The number of alkyl halides is 3. The minimum absolute atomic E-state index is 0.0747. The Morgan fingerprint density at radius 1 is 1.17 bits per heavy atom. The molecule has 3 heterocycles. The van der Waals surface area contributed by atoms with Crippen LogP contribution >= 0.6 is 0 Å². The van der Waals surface area contributed by atoms with E-state index in [0.717, 1.165) is 24.7 Å². The Kier molecular flexibility index (Phi) is 4.84. The van der Waals surface area contributed by atoms with Crippen molar-refractivity contribution in [1.29, 1.82) is 0 Å². The SMILES string of the molecule is CCNc1nc(Nc2cnn([C@H]3C[C@H](n4cncn4)C3)c2C)ncc1C(F)(F)F. The zero-order chi connectivity index (χ0) is 20.6. The first kappa shape index (κ1) is 19.2. The topological polar surface area (TPSA) is 98.4 Å². The van der Waals surface area contributed by atoms with Gasteiger partial charge in [-0.05, 0) is 26.7 Å². The Hall–Kier alpha value is -3.18. The second kappa shape index (κ2) is 7.33. The van der Waals surface area contributed by atoms with E-state index in [1.54, 1.807) is 19.4 Å². The van der Waals surface area contributed by atoms with E-state index in [9.17, 15) is 13.2 Å². The molecule has 29 heavy (non-hydrogen) atoms. The number of hydrogen-bond donors (Lipinski definition) is 2. The average molecular weight is 407 g/mol. The molecule has 0 aromatic carbocycles. The zero-order valence-corrected chi connectivity index (χ0v) is 15.8. The number of aromatic nitrogens is 7. The summed E-state index contributed by atoms with van der Waals surface area (Å²) in [5.41, 5.74) is 0.614. The van der Waals surface area contributed by atoms with Crippen molar-refractivity contribution in [1.82, 2.24) is 34.5 Å². The summed E-state index contributed by atoms with van der Waals surface area (Å²) in [6.07, 6.45) is 2.86. The van der Waals surface area contributed by atoms with Crippen LogP contribution in [0.2, 0.25) is 0 Å². The highest BCUT2D eigenvalue weighted by atomic mass is 19.4. The van der Waals surface area contributed by atoms with Crippen molar-refractivity contribution in [3.63, 3.8) is 0 Å². The van der Waals surface area contributed by atoms with Gasteiger partial charge in [0.25, 0.3) is 0 Å². The molecular formula is C17H20F3N9. The molecule has 1 saturated carbocycles. The van der Waals surface area contributed by atoms with Gasteiger partial charge in [-0.15, -0.1) is 0 Å². The third-order valence-electron chi connectivity index (χ3n) is 4.97. The summed E-state index contributed by atoms with van der Waals surface area (Å²) < 4.78 is 43.1. The van der Waals surface area contributed by atoms with Crippen LogP contribution in [0.15, 0.2) is 25.0 Å². The van der Waals surface area contributed by atoms with Crippen LogP contribution < -0.4 is 10.6 Å². The van der Waals surface area contributed by atoms with E-state index >= 15 is 0 Å². The van der Waals surface area contributed by atoms with Gasteiger partial charge in [-0.3, -0.25) is 4.68 Å². The summed E-state index contributed by atoms with van der Waals surface area (Å²) in [5, 5.41) is 14.2. The van der Waals surface area contributed by atoms with Gasteiger partial charge in [0.05, 0.1) is 29.7 Å². The number of hydrogen-bond acceptors (Lipinski definition) is 7. The molecule has 0 atom stereocenters. The molecule has 9 nitrogen and oxygen atoms in total. The Bertz CT molecular complexity index is 975. The standard InChI is InChI=1S/C17H20F3N9/c1-3-22-15-13(17(18,19)20)6-23-16(27-15)26-14-7-24-29(10(14)2)12-4-11(5-12)28-9-21-8-25-28/h6-9,11-12H,3-5H2,1-2H3,(H2,22,23,26,27)/t11-,12-. The lowest BCUT2D eigenvalue weighted by Gasteiger charge is -2.35. The molecule has 3 aromatic heterocycles. The van der Waals surface area contributed by atoms with Crippen LogP contribution in [0.25, 0.3) is 0 Å². The fraction of sp³-hybridized carbons (Fsp3) is 0.471. The molecule has 1 fully saturated rings. The minimum Gasteiger partial charge on any atom is -0.370 e. The fourth-order valence-electron chi connectivity index (χ4n) is 3.37. The summed E-state index contributed by atoms with van der Waals surface area (Å²) in [6.45, 7) is 3.91. The van der Waals surface area contributed by atoms with Gasteiger partial charge in [0.1, 0.15) is 24.0 Å². The molecule has 0 saturated heterocycles. The first-order valence-corrected chi connectivity index (χ1v) is 9.20. The highest BCUT2D eigenvalue weighted by molar-refractivity contribution is 5.58. The highest BCUT2D eigenvalue weighted by Gasteiger charge is 2.36. The van der Waals surface area contributed by atoms with Crippen LogP contribution in [0.5, 0.6) is 0 Å². The first-order chi connectivity index (χ1) is 13.9. The van der Waals surface area contributed by atoms with E-state index in [1.165, 1.54) is 6.33 Å². The van der Waals surface area contributed by atoms with E-state index in [4.69, 9.17) is 0 Å². The molecule has 0 amide bonds. The summed E-state index contributed by atoms with van der Waals surface area (Å²) in [6, 6.07) is 0.522. The van der Waals surface area contributed by atoms with Gasteiger partial charge in [-0.1, -0.05) is 0 Å². The smallest absolute Gasteiger partial charge is 0.370 e. The lowest BCUT2D eigenvalue weighted by atomic mass is 9.87. The zero-order valence-electron chi connectivity index (χ0n) is 15.8. The summed E-state index contributed by atoms with van der Waals surface area (Å²) in [7, 11) is 0. The Labute approximate surface area is 164 Å². The van der Waals surface area contributed by atoms with Crippen molar-refractivity contribution < 1.29 is 13.2 Å². The molecule has 0 unspecified atom stereocenters. The van der Waals surface area contributed by atoms with Crippen molar-refractivity contribution >= 4 is 17.5 Å². The molecule has 1 aliphatic rings. The maximum atomic E-state index is 13.1. The molecule has 1 aliphatic carbocycles. The number of rotatable bonds is 6. The summed E-state index contributed by atoms with van der Waals surface area (Å²) >= 11 is 0. The van der Waals surface area contributed by atoms with Crippen LogP contribution in [0.4, 0.5) is 30.6 Å². The van der Waals surface area contributed by atoms with Gasteiger partial charge in [-0.25, -0.2) is 14.6 Å². The molecular weight excluding hydrogens is 387 g/mol. The van der Waals surface area contributed by atoms with Gasteiger partial charge in [0, 0.05) is 12.7 Å². The van der Waals surface area contributed by atoms with Gasteiger partial charge in [0.15, 0.2) is 0 Å². The predicted octanol–water partition coefficient (Wildman–Crippen LogP) is 3.34. The van der Waals surface area contributed by atoms with Gasteiger partial charge in [0.2, 0.25) is 5.95 Å². The maximum Gasteiger partial charge on any atom is 0.421 e.